The van der Waals surface area contributed by atoms with E-state index < -0.39 is 0 Å². The molecule has 1 amide bonds. The lowest BCUT2D eigenvalue weighted by Gasteiger charge is -2.10. The average Bonchev–Trinajstić information content (AvgIpc) is 3.09. The Balaban J connectivity index is 1.66. The van der Waals surface area contributed by atoms with Crippen molar-refractivity contribution in [1.82, 2.24) is 9.78 Å². The Kier molecular flexibility index (Phi) is 5.28. The Morgan fingerprint density at radius 1 is 1.19 bits per heavy atom. The average molecular weight is 370 g/mol. The van der Waals surface area contributed by atoms with Gasteiger partial charge in [0.2, 0.25) is 0 Å². The van der Waals surface area contributed by atoms with Crippen LogP contribution in [0.2, 0.25) is 5.02 Å². The molecule has 0 radical (unpaired) electrons. The highest BCUT2D eigenvalue weighted by Crippen LogP contribution is 2.23. The highest BCUT2D eigenvalue weighted by molar-refractivity contribution is 6.31. The summed E-state index contributed by atoms with van der Waals surface area (Å²) in [5.74, 6) is 0.516. The minimum Gasteiger partial charge on any atom is -0.471 e. The molecule has 0 atom stereocenters. The number of rotatable bonds is 5. The number of anilines is 1. The largest absolute Gasteiger partial charge is 0.471 e. The number of ether oxygens (including phenoxy) is 1. The van der Waals surface area contributed by atoms with Crippen LogP contribution in [0.4, 0.5) is 5.69 Å². The van der Waals surface area contributed by atoms with Gasteiger partial charge in [0.05, 0.1) is 0 Å². The van der Waals surface area contributed by atoms with Crippen molar-refractivity contribution < 1.29 is 9.53 Å². The van der Waals surface area contributed by atoms with Crippen molar-refractivity contribution in [3.05, 3.63) is 76.1 Å². The smallest absolute Gasteiger partial charge is 0.276 e. The predicted octanol–water partition coefficient (Wildman–Crippen LogP) is 4.75. The third-order valence-corrected chi connectivity index (χ3v) is 4.49. The maximum atomic E-state index is 12.4. The van der Waals surface area contributed by atoms with Crippen LogP contribution in [-0.4, -0.2) is 15.7 Å². The predicted molar refractivity (Wildman–Crippen MR) is 103 cm³/mol. The lowest BCUT2D eigenvalue weighted by molar-refractivity contribution is 0.102. The van der Waals surface area contributed by atoms with Gasteiger partial charge in [0.25, 0.3) is 5.91 Å². The molecule has 0 aliphatic carbocycles. The molecule has 26 heavy (non-hydrogen) atoms. The van der Waals surface area contributed by atoms with E-state index in [1.54, 1.807) is 35.1 Å². The summed E-state index contributed by atoms with van der Waals surface area (Å²) in [6.07, 6.45) is 1.71. The zero-order chi connectivity index (χ0) is 18.7. The molecule has 1 heterocycles. The van der Waals surface area contributed by atoms with Crippen LogP contribution in [0, 0.1) is 20.8 Å². The molecule has 0 saturated carbocycles. The third-order valence-electron chi connectivity index (χ3n) is 4.09. The molecule has 5 nitrogen and oxygen atoms in total. The Morgan fingerprint density at radius 3 is 2.81 bits per heavy atom. The van der Waals surface area contributed by atoms with Crippen molar-refractivity contribution in [2.24, 2.45) is 0 Å². The molecule has 0 spiro atoms. The van der Waals surface area contributed by atoms with Gasteiger partial charge in [-0.2, -0.15) is 5.10 Å². The van der Waals surface area contributed by atoms with Gasteiger partial charge in [-0.25, -0.2) is 4.68 Å². The number of hydrogen-bond acceptors (Lipinski definition) is 3. The molecule has 1 aromatic heterocycles. The summed E-state index contributed by atoms with van der Waals surface area (Å²) in [6, 6.07) is 13.1. The highest BCUT2D eigenvalue weighted by Gasteiger charge is 2.12. The topological polar surface area (TPSA) is 56.1 Å². The molecule has 134 valence electrons. The molecule has 2 aromatic carbocycles. The van der Waals surface area contributed by atoms with Crippen LogP contribution in [0.25, 0.3) is 0 Å². The fourth-order valence-corrected chi connectivity index (χ4v) is 2.66. The standard InChI is InChI=1S/C20H20ClN3O2/c1-13-7-8-14(2)19(11-13)26-12-24-10-9-18(23-24)20(25)22-17-6-4-5-16(21)15(17)3/h4-11H,12H2,1-3H3,(H,22,25). The second-order valence-corrected chi connectivity index (χ2v) is 6.56. The number of carbonyl (C=O) groups is 1. The van der Waals surface area contributed by atoms with Crippen molar-refractivity contribution in [3.63, 3.8) is 0 Å². The number of nitrogens with one attached hydrogen (secondary N) is 1. The first-order chi connectivity index (χ1) is 12.4. The Hall–Kier alpha value is -2.79. The second-order valence-electron chi connectivity index (χ2n) is 6.15. The normalized spacial score (nSPS) is 10.6. The van der Waals surface area contributed by atoms with Crippen molar-refractivity contribution in [3.8, 4) is 5.75 Å². The van der Waals surface area contributed by atoms with E-state index in [1.165, 1.54) is 0 Å². The molecule has 0 aliphatic heterocycles. The molecular formula is C20H20ClN3O2. The van der Waals surface area contributed by atoms with E-state index >= 15 is 0 Å². The van der Waals surface area contributed by atoms with Crippen LogP contribution in [0.15, 0.2) is 48.7 Å². The van der Waals surface area contributed by atoms with E-state index in [0.717, 1.165) is 22.4 Å². The van der Waals surface area contributed by atoms with E-state index in [0.29, 0.717) is 16.4 Å². The van der Waals surface area contributed by atoms with Crippen LogP contribution in [0.3, 0.4) is 0 Å². The summed E-state index contributed by atoms with van der Waals surface area (Å²) < 4.78 is 7.39. The first kappa shape index (κ1) is 18.0. The SMILES string of the molecule is Cc1ccc(C)c(OCn2ccc(C(=O)Nc3cccc(Cl)c3C)n2)c1. The van der Waals surface area contributed by atoms with Gasteiger partial charge in [0, 0.05) is 16.9 Å². The number of halogens is 1. The molecule has 0 saturated heterocycles. The molecule has 0 bridgehead atoms. The Labute approximate surface area is 157 Å². The number of amides is 1. The zero-order valence-corrected chi connectivity index (χ0v) is 15.7. The lowest BCUT2D eigenvalue weighted by Crippen LogP contribution is -2.15. The second kappa shape index (κ2) is 7.62. The quantitative estimate of drug-likeness (QED) is 0.706. The van der Waals surface area contributed by atoms with E-state index in [2.05, 4.69) is 10.4 Å². The highest BCUT2D eigenvalue weighted by atomic mass is 35.5. The number of benzene rings is 2. The molecule has 0 unspecified atom stereocenters. The van der Waals surface area contributed by atoms with Gasteiger partial charge < -0.3 is 10.1 Å². The maximum Gasteiger partial charge on any atom is 0.276 e. The monoisotopic (exact) mass is 369 g/mol. The number of aromatic nitrogens is 2. The van der Waals surface area contributed by atoms with Crippen molar-refractivity contribution >= 4 is 23.2 Å². The van der Waals surface area contributed by atoms with Gasteiger partial charge in [0.1, 0.15) is 5.75 Å². The van der Waals surface area contributed by atoms with Gasteiger partial charge in [-0.1, -0.05) is 29.8 Å². The number of nitrogens with zero attached hydrogens (tertiary/aromatic N) is 2. The zero-order valence-electron chi connectivity index (χ0n) is 14.9. The van der Waals surface area contributed by atoms with Gasteiger partial charge in [-0.3, -0.25) is 4.79 Å². The summed E-state index contributed by atoms with van der Waals surface area (Å²) in [5.41, 5.74) is 3.98. The summed E-state index contributed by atoms with van der Waals surface area (Å²) >= 11 is 6.08. The summed E-state index contributed by atoms with van der Waals surface area (Å²) in [4.78, 5) is 12.4. The third kappa shape index (κ3) is 4.06. The van der Waals surface area contributed by atoms with Gasteiger partial charge >= 0.3 is 0 Å². The molecule has 0 fully saturated rings. The Bertz CT molecular complexity index is 950. The van der Waals surface area contributed by atoms with Crippen molar-refractivity contribution in [2.45, 2.75) is 27.5 Å². The number of hydrogen-bond donors (Lipinski definition) is 1. The fraction of sp³-hybridized carbons (Fsp3) is 0.200. The van der Waals surface area contributed by atoms with E-state index in [4.69, 9.17) is 16.3 Å². The molecule has 3 aromatic rings. The van der Waals surface area contributed by atoms with Crippen molar-refractivity contribution in [1.29, 1.82) is 0 Å². The summed E-state index contributed by atoms with van der Waals surface area (Å²) in [6.45, 7) is 6.09. The molecule has 3 rings (SSSR count). The fourth-order valence-electron chi connectivity index (χ4n) is 2.48. The first-order valence-corrected chi connectivity index (χ1v) is 8.62. The molecule has 6 heteroatoms. The van der Waals surface area contributed by atoms with Crippen molar-refractivity contribution in [2.75, 3.05) is 5.32 Å². The van der Waals surface area contributed by atoms with Crippen LogP contribution in [0.1, 0.15) is 27.2 Å². The van der Waals surface area contributed by atoms with E-state index in [9.17, 15) is 4.79 Å². The lowest BCUT2D eigenvalue weighted by atomic mass is 10.1. The molecular weight excluding hydrogens is 350 g/mol. The van der Waals surface area contributed by atoms with E-state index in [-0.39, 0.29) is 12.6 Å². The molecule has 1 N–H and O–H groups in total. The van der Waals surface area contributed by atoms with Gasteiger partial charge in [-0.05, 0) is 61.7 Å². The van der Waals surface area contributed by atoms with Gasteiger partial charge in [0.15, 0.2) is 12.4 Å². The van der Waals surface area contributed by atoms with Crippen LogP contribution in [-0.2, 0) is 6.73 Å². The minimum absolute atomic E-state index is 0.230. The number of aryl methyl sites for hydroxylation is 2. The van der Waals surface area contributed by atoms with Gasteiger partial charge in [-0.15, -0.1) is 0 Å². The number of carbonyl (C=O) groups excluding carboxylic acids is 1. The summed E-state index contributed by atoms with van der Waals surface area (Å²) in [5, 5.41) is 7.71. The maximum absolute atomic E-state index is 12.4. The Morgan fingerprint density at radius 2 is 2.00 bits per heavy atom. The van der Waals surface area contributed by atoms with Crippen LogP contribution >= 0.6 is 11.6 Å². The molecule has 0 aliphatic rings. The first-order valence-electron chi connectivity index (χ1n) is 8.24. The van der Waals surface area contributed by atoms with E-state index in [1.807, 2.05) is 39.0 Å². The summed E-state index contributed by atoms with van der Waals surface area (Å²) in [7, 11) is 0. The minimum atomic E-state index is -0.291. The van der Waals surface area contributed by atoms with Crippen LogP contribution < -0.4 is 10.1 Å². The van der Waals surface area contributed by atoms with Crippen LogP contribution in [0.5, 0.6) is 5.75 Å².